The molecule has 0 aliphatic carbocycles. The van der Waals surface area contributed by atoms with E-state index in [4.69, 9.17) is 4.74 Å². The van der Waals surface area contributed by atoms with Crippen molar-refractivity contribution in [3.8, 4) is 10.4 Å². The van der Waals surface area contributed by atoms with Gasteiger partial charge in [0.2, 0.25) is 5.95 Å². The van der Waals surface area contributed by atoms with Gasteiger partial charge in [0.1, 0.15) is 0 Å². The lowest BCUT2D eigenvalue weighted by atomic mass is 10.2. The Labute approximate surface area is 191 Å². The summed E-state index contributed by atoms with van der Waals surface area (Å²) in [5, 5.41) is 0. The molecule has 0 spiro atoms. The van der Waals surface area contributed by atoms with Crippen molar-refractivity contribution < 1.29 is 14.3 Å². The van der Waals surface area contributed by atoms with Crippen LogP contribution in [-0.4, -0.2) is 59.0 Å². The van der Waals surface area contributed by atoms with Gasteiger partial charge in [-0.15, -0.1) is 11.3 Å². The minimum Gasteiger partial charge on any atom is -0.449 e. The van der Waals surface area contributed by atoms with Crippen molar-refractivity contribution in [1.82, 2.24) is 14.9 Å². The van der Waals surface area contributed by atoms with Crippen molar-refractivity contribution in [1.29, 1.82) is 0 Å². The summed E-state index contributed by atoms with van der Waals surface area (Å²) in [5.74, 6) is -0.0621. The average molecular weight is 449 g/mol. The number of piperazine rings is 1. The lowest BCUT2D eigenvalue weighted by Crippen LogP contribution is -2.52. The summed E-state index contributed by atoms with van der Waals surface area (Å²) in [6.45, 7) is 3.95. The second-order valence-electron chi connectivity index (χ2n) is 7.34. The number of ether oxygens (including phenoxy) is 1. The molecule has 1 unspecified atom stereocenters. The number of rotatable bonds is 6. The molecule has 1 aliphatic heterocycles. The number of carbonyl (C=O) groups is 2. The molecule has 1 aromatic carbocycles. The number of anilines is 1. The predicted octanol–water partition coefficient (Wildman–Crippen LogP) is 3.50. The highest BCUT2D eigenvalue weighted by atomic mass is 32.1. The standard InChI is InChI=1S/C24H24N4O3S/c1-18(23(30)27-14-16-28(17-15-27)24-25-12-5-13-26-24)31-22(29)11-9-20-8-10-21(32-20)19-6-3-2-4-7-19/h2-13,18H,14-17H2,1H3/b11-9+. The molecule has 1 aliphatic rings. The summed E-state index contributed by atoms with van der Waals surface area (Å²) in [7, 11) is 0. The van der Waals surface area contributed by atoms with Crippen molar-refractivity contribution in [3.05, 3.63) is 71.9 Å². The molecule has 0 N–H and O–H groups in total. The van der Waals surface area contributed by atoms with E-state index >= 15 is 0 Å². The zero-order chi connectivity index (χ0) is 22.3. The van der Waals surface area contributed by atoms with Gasteiger partial charge in [0, 0.05) is 54.4 Å². The highest BCUT2D eigenvalue weighted by Crippen LogP contribution is 2.28. The van der Waals surface area contributed by atoms with E-state index in [0.717, 1.165) is 15.3 Å². The number of carbonyl (C=O) groups excluding carboxylic acids is 2. The number of thiophene rings is 1. The summed E-state index contributed by atoms with van der Waals surface area (Å²) in [6.07, 6.45) is 5.65. The normalized spacial score (nSPS) is 15.0. The van der Waals surface area contributed by atoms with Gasteiger partial charge in [-0.2, -0.15) is 0 Å². The van der Waals surface area contributed by atoms with Gasteiger partial charge in [-0.1, -0.05) is 30.3 Å². The number of aromatic nitrogens is 2. The maximum Gasteiger partial charge on any atom is 0.331 e. The number of nitrogens with zero attached hydrogens (tertiary/aromatic N) is 4. The Balaban J connectivity index is 1.26. The van der Waals surface area contributed by atoms with Gasteiger partial charge in [-0.3, -0.25) is 4.79 Å². The van der Waals surface area contributed by atoms with Crippen LogP contribution in [0.25, 0.3) is 16.5 Å². The smallest absolute Gasteiger partial charge is 0.331 e. The van der Waals surface area contributed by atoms with Crippen molar-refractivity contribution >= 4 is 35.2 Å². The summed E-state index contributed by atoms with van der Waals surface area (Å²) < 4.78 is 5.34. The average Bonchev–Trinajstić information content (AvgIpc) is 3.33. The predicted molar refractivity (Wildman–Crippen MR) is 125 cm³/mol. The quantitative estimate of drug-likeness (QED) is 0.424. The van der Waals surface area contributed by atoms with Gasteiger partial charge < -0.3 is 14.5 Å². The van der Waals surface area contributed by atoms with E-state index in [1.807, 2.05) is 47.4 Å². The van der Waals surface area contributed by atoms with Crippen molar-refractivity contribution in [2.75, 3.05) is 31.1 Å². The van der Waals surface area contributed by atoms with E-state index in [0.29, 0.717) is 32.1 Å². The molecule has 4 rings (SSSR count). The van der Waals surface area contributed by atoms with Crippen molar-refractivity contribution in [2.45, 2.75) is 13.0 Å². The first-order valence-electron chi connectivity index (χ1n) is 10.4. The highest BCUT2D eigenvalue weighted by Gasteiger charge is 2.27. The Hall–Kier alpha value is -3.52. The largest absolute Gasteiger partial charge is 0.449 e. The van der Waals surface area contributed by atoms with Crippen LogP contribution in [-0.2, 0) is 14.3 Å². The number of hydrogen-bond acceptors (Lipinski definition) is 7. The molecule has 8 heteroatoms. The first-order chi connectivity index (χ1) is 15.6. The summed E-state index contributed by atoms with van der Waals surface area (Å²) in [4.78, 5) is 39.2. The summed E-state index contributed by atoms with van der Waals surface area (Å²) in [6, 6.07) is 15.8. The zero-order valence-corrected chi connectivity index (χ0v) is 18.6. The lowest BCUT2D eigenvalue weighted by Gasteiger charge is -2.35. The van der Waals surface area contributed by atoms with E-state index in [2.05, 4.69) is 9.97 Å². The van der Waals surface area contributed by atoms with Crippen LogP contribution in [0.1, 0.15) is 11.8 Å². The molecule has 3 heterocycles. The SMILES string of the molecule is CC(OC(=O)/C=C/c1ccc(-c2ccccc2)s1)C(=O)N1CCN(c2ncccn2)CC1. The van der Waals surface area contributed by atoms with Crippen LogP contribution in [0.15, 0.2) is 67.0 Å². The Kier molecular flexibility index (Phi) is 6.91. The Morgan fingerprint density at radius 2 is 1.72 bits per heavy atom. The fourth-order valence-electron chi connectivity index (χ4n) is 3.45. The van der Waals surface area contributed by atoms with E-state index in [1.54, 1.807) is 47.7 Å². The fourth-order valence-corrected chi connectivity index (χ4v) is 4.37. The molecule has 3 aromatic rings. The third kappa shape index (κ3) is 5.39. The minimum atomic E-state index is -0.838. The van der Waals surface area contributed by atoms with Gasteiger partial charge >= 0.3 is 5.97 Å². The van der Waals surface area contributed by atoms with Crippen LogP contribution in [0.2, 0.25) is 0 Å². The fraction of sp³-hybridized carbons (Fsp3) is 0.250. The molecular weight excluding hydrogens is 424 g/mol. The Bertz CT molecular complexity index is 1080. The number of amides is 1. The summed E-state index contributed by atoms with van der Waals surface area (Å²) in [5.41, 5.74) is 1.14. The number of hydrogen-bond donors (Lipinski definition) is 0. The number of esters is 1. The van der Waals surface area contributed by atoms with Crippen LogP contribution >= 0.6 is 11.3 Å². The zero-order valence-electron chi connectivity index (χ0n) is 17.8. The summed E-state index contributed by atoms with van der Waals surface area (Å²) >= 11 is 1.59. The number of benzene rings is 1. The maximum absolute atomic E-state index is 12.7. The molecule has 1 fully saturated rings. The molecular formula is C24H24N4O3S. The molecule has 1 atom stereocenters. The van der Waals surface area contributed by atoms with E-state index in [-0.39, 0.29) is 5.91 Å². The molecule has 0 saturated carbocycles. The van der Waals surface area contributed by atoms with Gasteiger partial charge in [-0.25, -0.2) is 14.8 Å². The first kappa shape index (κ1) is 21.7. The van der Waals surface area contributed by atoms with Crippen LogP contribution in [0.5, 0.6) is 0 Å². The van der Waals surface area contributed by atoms with Crippen LogP contribution in [0.3, 0.4) is 0 Å². The van der Waals surface area contributed by atoms with Crippen LogP contribution in [0, 0.1) is 0 Å². The van der Waals surface area contributed by atoms with Gasteiger partial charge in [-0.05, 0) is 36.8 Å². The Morgan fingerprint density at radius 3 is 2.44 bits per heavy atom. The molecule has 7 nitrogen and oxygen atoms in total. The van der Waals surface area contributed by atoms with Gasteiger partial charge in [0.15, 0.2) is 6.10 Å². The minimum absolute atomic E-state index is 0.192. The lowest BCUT2D eigenvalue weighted by molar-refractivity contribution is -0.155. The van der Waals surface area contributed by atoms with E-state index in [9.17, 15) is 9.59 Å². The second-order valence-corrected chi connectivity index (χ2v) is 8.46. The Morgan fingerprint density at radius 1 is 1.00 bits per heavy atom. The highest BCUT2D eigenvalue weighted by molar-refractivity contribution is 7.16. The molecule has 164 valence electrons. The third-order valence-electron chi connectivity index (χ3n) is 5.14. The molecule has 1 amide bonds. The third-order valence-corrected chi connectivity index (χ3v) is 6.24. The molecule has 0 bridgehead atoms. The molecule has 32 heavy (non-hydrogen) atoms. The topological polar surface area (TPSA) is 75.6 Å². The van der Waals surface area contributed by atoms with Crippen LogP contribution < -0.4 is 4.90 Å². The van der Waals surface area contributed by atoms with E-state index in [1.165, 1.54) is 6.08 Å². The maximum atomic E-state index is 12.7. The van der Waals surface area contributed by atoms with Gasteiger partial charge in [0.25, 0.3) is 5.91 Å². The molecule has 0 radical (unpaired) electrons. The molecule has 2 aromatic heterocycles. The monoisotopic (exact) mass is 448 g/mol. The van der Waals surface area contributed by atoms with Crippen molar-refractivity contribution in [2.24, 2.45) is 0 Å². The molecule has 1 saturated heterocycles. The second kappa shape index (κ2) is 10.2. The van der Waals surface area contributed by atoms with Gasteiger partial charge in [0.05, 0.1) is 0 Å². The van der Waals surface area contributed by atoms with Crippen LogP contribution in [0.4, 0.5) is 5.95 Å². The van der Waals surface area contributed by atoms with E-state index < -0.39 is 12.1 Å². The van der Waals surface area contributed by atoms with Crippen molar-refractivity contribution in [3.63, 3.8) is 0 Å². The first-order valence-corrected chi connectivity index (χ1v) is 11.3.